The standard InChI is InChI=1S/C15H11N3O8/c1-6(19)8-5-10(14(22)17(24)13(8)21)16-12(20)7-3-2-4-9(18(25)26)11(7)15(16)23/h2-4,8,10,24H,5H2,1H3. The minimum absolute atomic E-state index is 0.266. The van der Waals surface area contributed by atoms with E-state index in [9.17, 15) is 39.3 Å². The van der Waals surface area contributed by atoms with E-state index < -0.39 is 64.0 Å². The number of Topliss-reactive ketones (excluding diaryl/α,β-unsaturated/α-hetero) is 1. The lowest BCUT2D eigenvalue weighted by Gasteiger charge is -2.34. The number of piperidine rings is 1. The van der Waals surface area contributed by atoms with Crippen molar-refractivity contribution in [2.75, 3.05) is 0 Å². The molecule has 0 aromatic heterocycles. The molecular weight excluding hydrogens is 350 g/mol. The van der Waals surface area contributed by atoms with E-state index in [1.807, 2.05) is 0 Å². The summed E-state index contributed by atoms with van der Waals surface area (Å²) in [5.74, 6) is -6.56. The Morgan fingerprint density at radius 3 is 2.42 bits per heavy atom. The molecule has 1 aromatic carbocycles. The summed E-state index contributed by atoms with van der Waals surface area (Å²) < 4.78 is 0. The Hall–Kier alpha value is -3.47. The van der Waals surface area contributed by atoms with Crippen LogP contribution in [0.2, 0.25) is 0 Å². The summed E-state index contributed by atoms with van der Waals surface area (Å²) in [5.41, 5.74) is -1.35. The summed E-state index contributed by atoms with van der Waals surface area (Å²) in [6, 6.07) is 1.82. The number of nitro groups is 1. The number of amides is 4. The molecule has 11 heteroatoms. The van der Waals surface area contributed by atoms with Crippen LogP contribution in [0, 0.1) is 16.0 Å². The van der Waals surface area contributed by atoms with Gasteiger partial charge in [0.25, 0.3) is 29.3 Å². The molecule has 11 nitrogen and oxygen atoms in total. The summed E-state index contributed by atoms with van der Waals surface area (Å²) in [7, 11) is 0. The maximum atomic E-state index is 12.6. The van der Waals surface area contributed by atoms with Crippen LogP contribution in [0.3, 0.4) is 0 Å². The normalized spacial score (nSPS) is 22.7. The monoisotopic (exact) mass is 361 g/mol. The smallest absolute Gasteiger partial charge is 0.282 e. The first-order valence-corrected chi connectivity index (χ1v) is 7.39. The number of benzene rings is 1. The van der Waals surface area contributed by atoms with Crippen LogP contribution in [0.15, 0.2) is 18.2 Å². The first-order valence-electron chi connectivity index (χ1n) is 7.39. The SMILES string of the molecule is CC(=O)C1CC(N2C(=O)c3cccc([N+](=O)[O-])c3C2=O)C(=O)N(O)C1=O. The number of nitrogens with zero attached hydrogens (tertiary/aromatic N) is 3. The third kappa shape index (κ3) is 2.29. The summed E-state index contributed by atoms with van der Waals surface area (Å²) in [5, 5.41) is 20.5. The molecule has 26 heavy (non-hydrogen) atoms. The fraction of sp³-hybridized carbons (Fsp3) is 0.267. The Bertz CT molecular complexity index is 908. The number of carbonyl (C=O) groups excluding carboxylic acids is 5. The molecule has 0 aliphatic carbocycles. The van der Waals surface area contributed by atoms with Crippen molar-refractivity contribution >= 4 is 35.1 Å². The van der Waals surface area contributed by atoms with Gasteiger partial charge in [-0.25, -0.2) is 0 Å². The second-order valence-electron chi connectivity index (χ2n) is 5.84. The maximum Gasteiger partial charge on any atom is 0.282 e. The van der Waals surface area contributed by atoms with Crippen LogP contribution in [-0.4, -0.2) is 55.5 Å². The average Bonchev–Trinajstić information content (AvgIpc) is 2.84. The van der Waals surface area contributed by atoms with Crippen molar-refractivity contribution in [3.63, 3.8) is 0 Å². The molecule has 0 radical (unpaired) electrons. The van der Waals surface area contributed by atoms with Gasteiger partial charge in [0.05, 0.1) is 10.5 Å². The van der Waals surface area contributed by atoms with Crippen LogP contribution in [-0.2, 0) is 14.4 Å². The predicted molar refractivity (Wildman–Crippen MR) is 79.8 cm³/mol. The second kappa shape index (κ2) is 5.81. The highest BCUT2D eigenvalue weighted by Gasteiger charge is 2.52. The Morgan fingerprint density at radius 1 is 1.19 bits per heavy atom. The zero-order chi connectivity index (χ0) is 19.3. The molecule has 0 bridgehead atoms. The summed E-state index contributed by atoms with van der Waals surface area (Å²) >= 11 is 0. The zero-order valence-corrected chi connectivity index (χ0v) is 13.2. The van der Waals surface area contributed by atoms with Crippen molar-refractivity contribution in [2.45, 2.75) is 19.4 Å². The van der Waals surface area contributed by atoms with Crippen LogP contribution >= 0.6 is 0 Å². The fourth-order valence-electron chi connectivity index (χ4n) is 3.10. The number of nitro benzene ring substituents is 1. The maximum absolute atomic E-state index is 12.6. The average molecular weight is 361 g/mol. The van der Waals surface area contributed by atoms with E-state index in [0.717, 1.165) is 13.0 Å². The number of hydrogen-bond acceptors (Lipinski definition) is 8. The lowest BCUT2D eigenvalue weighted by Crippen LogP contribution is -2.58. The topological polar surface area (TPSA) is 155 Å². The Kier molecular flexibility index (Phi) is 3.88. The van der Waals surface area contributed by atoms with Gasteiger partial charge in [0.1, 0.15) is 23.3 Å². The largest absolute Gasteiger partial charge is 0.299 e. The van der Waals surface area contributed by atoms with Crippen LogP contribution in [0.5, 0.6) is 0 Å². The predicted octanol–water partition coefficient (Wildman–Crippen LogP) is -0.0873. The van der Waals surface area contributed by atoms with Gasteiger partial charge in [0.15, 0.2) is 0 Å². The van der Waals surface area contributed by atoms with Gasteiger partial charge in [-0.05, 0) is 19.4 Å². The molecule has 2 atom stereocenters. The van der Waals surface area contributed by atoms with Crippen LogP contribution in [0.25, 0.3) is 0 Å². The van der Waals surface area contributed by atoms with Crippen LogP contribution < -0.4 is 0 Å². The molecular formula is C15H11N3O8. The highest BCUT2D eigenvalue weighted by atomic mass is 16.6. The number of rotatable bonds is 3. The molecule has 1 N–H and O–H groups in total. The van der Waals surface area contributed by atoms with E-state index in [2.05, 4.69) is 0 Å². The van der Waals surface area contributed by atoms with E-state index >= 15 is 0 Å². The van der Waals surface area contributed by atoms with Crippen molar-refractivity contribution in [3.8, 4) is 0 Å². The van der Waals surface area contributed by atoms with Gasteiger partial charge >= 0.3 is 0 Å². The zero-order valence-electron chi connectivity index (χ0n) is 13.2. The lowest BCUT2D eigenvalue weighted by molar-refractivity contribution is -0.385. The molecule has 0 spiro atoms. The second-order valence-corrected chi connectivity index (χ2v) is 5.84. The number of imide groups is 2. The fourth-order valence-corrected chi connectivity index (χ4v) is 3.10. The summed E-state index contributed by atoms with van der Waals surface area (Å²) in [6.07, 6.45) is -0.497. The van der Waals surface area contributed by atoms with Crippen molar-refractivity contribution in [3.05, 3.63) is 39.4 Å². The van der Waals surface area contributed by atoms with Gasteiger partial charge in [0.2, 0.25) is 0 Å². The highest BCUT2D eigenvalue weighted by molar-refractivity contribution is 6.25. The third-order valence-electron chi connectivity index (χ3n) is 4.38. The molecule has 2 aliphatic heterocycles. The number of hydrogen-bond donors (Lipinski definition) is 1. The molecule has 2 heterocycles. The van der Waals surface area contributed by atoms with Gasteiger partial charge in [-0.3, -0.25) is 44.2 Å². The molecule has 134 valence electrons. The Labute approximate surface area is 144 Å². The first-order chi connectivity index (χ1) is 12.2. The minimum Gasteiger partial charge on any atom is -0.299 e. The van der Waals surface area contributed by atoms with Gasteiger partial charge < -0.3 is 0 Å². The van der Waals surface area contributed by atoms with Crippen LogP contribution in [0.1, 0.15) is 34.1 Å². The minimum atomic E-state index is -1.63. The molecule has 2 unspecified atom stereocenters. The van der Waals surface area contributed by atoms with Gasteiger partial charge in [-0.2, -0.15) is 5.06 Å². The lowest BCUT2D eigenvalue weighted by atomic mass is 9.90. The molecule has 2 aliphatic rings. The molecule has 1 aromatic rings. The van der Waals surface area contributed by atoms with Gasteiger partial charge in [-0.1, -0.05) is 6.07 Å². The van der Waals surface area contributed by atoms with E-state index in [0.29, 0.717) is 4.90 Å². The van der Waals surface area contributed by atoms with E-state index in [1.54, 1.807) is 0 Å². The Balaban J connectivity index is 2.06. The molecule has 1 fully saturated rings. The quantitative estimate of drug-likeness (QED) is 0.257. The Morgan fingerprint density at radius 2 is 1.85 bits per heavy atom. The molecule has 3 rings (SSSR count). The van der Waals surface area contributed by atoms with E-state index in [-0.39, 0.29) is 10.6 Å². The number of fused-ring (bicyclic) bond motifs is 1. The molecule has 4 amide bonds. The number of carbonyl (C=O) groups is 5. The van der Waals surface area contributed by atoms with Gasteiger partial charge in [0, 0.05) is 6.07 Å². The van der Waals surface area contributed by atoms with Gasteiger partial charge in [-0.15, -0.1) is 0 Å². The number of hydroxylamine groups is 2. The third-order valence-corrected chi connectivity index (χ3v) is 4.38. The van der Waals surface area contributed by atoms with E-state index in [1.165, 1.54) is 12.1 Å². The van der Waals surface area contributed by atoms with Crippen molar-refractivity contribution in [1.82, 2.24) is 9.96 Å². The van der Waals surface area contributed by atoms with Crippen LogP contribution in [0.4, 0.5) is 5.69 Å². The highest BCUT2D eigenvalue weighted by Crippen LogP contribution is 2.34. The first kappa shape index (κ1) is 17.4. The van der Waals surface area contributed by atoms with E-state index in [4.69, 9.17) is 0 Å². The number of ketones is 1. The molecule has 1 saturated heterocycles. The van der Waals surface area contributed by atoms with Crippen molar-refractivity contribution < 1.29 is 34.1 Å². The van der Waals surface area contributed by atoms with Crippen molar-refractivity contribution in [2.24, 2.45) is 5.92 Å². The molecule has 0 saturated carbocycles. The summed E-state index contributed by atoms with van der Waals surface area (Å²) in [4.78, 5) is 71.5. The summed E-state index contributed by atoms with van der Waals surface area (Å²) in [6.45, 7) is 1.07. The van der Waals surface area contributed by atoms with Crippen molar-refractivity contribution in [1.29, 1.82) is 0 Å².